The molecule has 27 heavy (non-hydrogen) atoms. The van der Waals surface area contributed by atoms with Gasteiger partial charge in [-0.1, -0.05) is 54.5 Å². The van der Waals surface area contributed by atoms with Crippen molar-refractivity contribution in [3.05, 3.63) is 71.6 Å². The average Bonchev–Trinajstić information content (AvgIpc) is 3.24. The zero-order chi connectivity index (χ0) is 18.6. The molecule has 0 spiro atoms. The molecule has 4 rings (SSSR count). The van der Waals surface area contributed by atoms with Crippen molar-refractivity contribution < 1.29 is 9.32 Å². The molecule has 1 saturated heterocycles. The predicted molar refractivity (Wildman–Crippen MR) is 103 cm³/mol. The first-order valence-corrected chi connectivity index (χ1v) is 9.55. The Balaban J connectivity index is 1.59. The Hall–Kier alpha value is -2.95. The summed E-state index contributed by atoms with van der Waals surface area (Å²) in [6, 6.07) is 17.5. The predicted octanol–water partition coefficient (Wildman–Crippen LogP) is 4.67. The number of hydrogen-bond acceptors (Lipinski definition) is 4. The number of hydrogen-bond donors (Lipinski definition) is 0. The summed E-state index contributed by atoms with van der Waals surface area (Å²) in [5, 5.41) is 4.13. The van der Waals surface area contributed by atoms with Gasteiger partial charge in [0.2, 0.25) is 11.7 Å². The van der Waals surface area contributed by atoms with Crippen molar-refractivity contribution >= 4 is 5.91 Å². The first-order chi connectivity index (χ1) is 13.3. The van der Waals surface area contributed by atoms with E-state index in [4.69, 9.17) is 4.52 Å². The molecule has 5 heteroatoms. The fraction of sp³-hybridized carbons (Fsp3) is 0.318. The average molecular weight is 361 g/mol. The van der Waals surface area contributed by atoms with Crippen molar-refractivity contribution in [3.63, 3.8) is 0 Å². The van der Waals surface area contributed by atoms with Gasteiger partial charge in [-0.05, 0) is 43.4 Å². The van der Waals surface area contributed by atoms with Gasteiger partial charge in [0.15, 0.2) is 0 Å². The van der Waals surface area contributed by atoms with Crippen LogP contribution in [0.15, 0.2) is 59.1 Å². The van der Waals surface area contributed by atoms with Crippen molar-refractivity contribution in [3.8, 4) is 11.4 Å². The van der Waals surface area contributed by atoms with Crippen LogP contribution in [0.5, 0.6) is 0 Å². The molecule has 0 aliphatic carbocycles. The number of rotatable bonds is 4. The molecule has 5 nitrogen and oxygen atoms in total. The highest BCUT2D eigenvalue weighted by Gasteiger charge is 2.32. The quantitative estimate of drug-likeness (QED) is 0.678. The summed E-state index contributed by atoms with van der Waals surface area (Å²) < 4.78 is 5.56. The van der Waals surface area contributed by atoms with Gasteiger partial charge in [-0.3, -0.25) is 4.79 Å². The summed E-state index contributed by atoms with van der Waals surface area (Å²) in [5.41, 5.74) is 2.85. The summed E-state index contributed by atoms with van der Waals surface area (Å²) in [4.78, 5) is 19.6. The molecule has 1 fully saturated rings. The van der Waals surface area contributed by atoms with Gasteiger partial charge in [-0.2, -0.15) is 4.98 Å². The number of aromatic nitrogens is 2. The molecule has 0 unspecified atom stereocenters. The molecular formula is C22H23N3O2. The van der Waals surface area contributed by atoms with Gasteiger partial charge in [-0.25, -0.2) is 0 Å². The summed E-state index contributed by atoms with van der Waals surface area (Å²) in [6.07, 6.45) is 3.85. The topological polar surface area (TPSA) is 59.2 Å². The van der Waals surface area contributed by atoms with E-state index in [2.05, 4.69) is 17.1 Å². The van der Waals surface area contributed by atoms with Crippen LogP contribution in [0.25, 0.3) is 11.4 Å². The monoisotopic (exact) mass is 361 g/mol. The SMILES string of the molecule is CCc1ccc(C(=O)N2CCCC[C@H]2c2nc(-c3ccccc3)no2)cc1. The third-order valence-corrected chi connectivity index (χ3v) is 5.13. The fourth-order valence-electron chi connectivity index (χ4n) is 3.56. The third kappa shape index (κ3) is 3.63. The van der Waals surface area contributed by atoms with Gasteiger partial charge in [-0.15, -0.1) is 0 Å². The summed E-state index contributed by atoms with van der Waals surface area (Å²) in [6.45, 7) is 2.82. The summed E-state index contributed by atoms with van der Waals surface area (Å²) in [7, 11) is 0. The van der Waals surface area contributed by atoms with E-state index < -0.39 is 0 Å². The molecule has 138 valence electrons. The number of carbonyl (C=O) groups is 1. The van der Waals surface area contributed by atoms with Gasteiger partial charge >= 0.3 is 0 Å². The first-order valence-electron chi connectivity index (χ1n) is 9.55. The van der Waals surface area contributed by atoms with E-state index in [1.54, 1.807) is 0 Å². The Labute approximate surface area is 159 Å². The normalized spacial score (nSPS) is 17.1. The van der Waals surface area contributed by atoms with Gasteiger partial charge in [0.05, 0.1) is 0 Å². The number of likely N-dealkylation sites (tertiary alicyclic amines) is 1. The second kappa shape index (κ2) is 7.74. The maximum Gasteiger partial charge on any atom is 0.254 e. The fourth-order valence-corrected chi connectivity index (χ4v) is 3.56. The van der Waals surface area contributed by atoms with Gasteiger partial charge < -0.3 is 9.42 Å². The van der Waals surface area contributed by atoms with Crippen LogP contribution in [0.3, 0.4) is 0 Å². The van der Waals surface area contributed by atoms with Crippen molar-refractivity contribution in [2.24, 2.45) is 0 Å². The highest BCUT2D eigenvalue weighted by molar-refractivity contribution is 5.94. The zero-order valence-electron chi connectivity index (χ0n) is 15.5. The molecule has 2 aromatic carbocycles. The van der Waals surface area contributed by atoms with E-state index in [1.165, 1.54) is 5.56 Å². The minimum atomic E-state index is -0.165. The number of aryl methyl sites for hydroxylation is 1. The second-order valence-corrected chi connectivity index (χ2v) is 6.88. The van der Waals surface area contributed by atoms with Crippen LogP contribution in [0.1, 0.15) is 54.0 Å². The van der Waals surface area contributed by atoms with Gasteiger partial charge in [0.25, 0.3) is 5.91 Å². The maximum absolute atomic E-state index is 13.1. The standard InChI is InChI=1S/C22H23N3O2/c1-2-16-11-13-18(14-12-16)22(26)25-15-7-6-10-19(25)21-23-20(24-27-21)17-8-4-3-5-9-17/h3-5,8-9,11-14,19H,2,6-7,10,15H2,1H3/t19-/m0/s1. The molecule has 1 aliphatic rings. The molecule has 0 bridgehead atoms. The summed E-state index contributed by atoms with van der Waals surface area (Å²) >= 11 is 0. The molecule has 1 atom stereocenters. The molecule has 3 aromatic rings. The lowest BCUT2D eigenvalue weighted by Crippen LogP contribution is -2.38. The second-order valence-electron chi connectivity index (χ2n) is 6.88. The molecule has 2 heterocycles. The van der Waals surface area contributed by atoms with Gasteiger partial charge in [0.1, 0.15) is 6.04 Å². The molecular weight excluding hydrogens is 338 g/mol. The Morgan fingerprint density at radius 2 is 1.89 bits per heavy atom. The van der Waals surface area contributed by atoms with Crippen LogP contribution in [-0.2, 0) is 6.42 Å². The van der Waals surface area contributed by atoms with Crippen LogP contribution in [0, 0.1) is 0 Å². The number of carbonyl (C=O) groups excluding carboxylic acids is 1. The minimum absolute atomic E-state index is 0.0295. The van der Waals surface area contributed by atoms with Crippen molar-refractivity contribution in [1.82, 2.24) is 15.0 Å². The Morgan fingerprint density at radius 1 is 1.11 bits per heavy atom. The van der Waals surface area contributed by atoms with E-state index >= 15 is 0 Å². The molecule has 1 amide bonds. The molecule has 0 N–H and O–H groups in total. The van der Waals surface area contributed by atoms with Crippen LogP contribution in [0.2, 0.25) is 0 Å². The smallest absolute Gasteiger partial charge is 0.254 e. The maximum atomic E-state index is 13.1. The largest absolute Gasteiger partial charge is 0.337 e. The molecule has 0 saturated carbocycles. The molecule has 0 radical (unpaired) electrons. The molecule has 1 aliphatic heterocycles. The lowest BCUT2D eigenvalue weighted by Gasteiger charge is -2.33. The number of piperidine rings is 1. The lowest BCUT2D eigenvalue weighted by atomic mass is 10.00. The van der Waals surface area contributed by atoms with E-state index in [0.29, 0.717) is 23.8 Å². The Bertz CT molecular complexity index is 903. The van der Waals surface area contributed by atoms with Crippen LogP contribution in [-0.4, -0.2) is 27.5 Å². The van der Waals surface area contributed by atoms with Crippen LogP contribution in [0.4, 0.5) is 0 Å². The molecule has 1 aromatic heterocycles. The van der Waals surface area contributed by atoms with E-state index in [1.807, 2.05) is 59.5 Å². The third-order valence-electron chi connectivity index (χ3n) is 5.13. The number of benzene rings is 2. The lowest BCUT2D eigenvalue weighted by molar-refractivity contribution is 0.0561. The zero-order valence-corrected chi connectivity index (χ0v) is 15.5. The van der Waals surface area contributed by atoms with Crippen LogP contribution >= 0.6 is 0 Å². The Kier molecular flexibility index (Phi) is 5.01. The first kappa shape index (κ1) is 17.5. The van der Waals surface area contributed by atoms with Crippen molar-refractivity contribution in [1.29, 1.82) is 0 Å². The van der Waals surface area contributed by atoms with Crippen LogP contribution < -0.4 is 0 Å². The van der Waals surface area contributed by atoms with E-state index in [0.717, 1.165) is 31.2 Å². The van der Waals surface area contributed by atoms with Crippen molar-refractivity contribution in [2.45, 2.75) is 38.6 Å². The highest BCUT2D eigenvalue weighted by atomic mass is 16.5. The summed E-state index contributed by atoms with van der Waals surface area (Å²) in [5.74, 6) is 1.12. The minimum Gasteiger partial charge on any atom is -0.337 e. The van der Waals surface area contributed by atoms with Crippen molar-refractivity contribution in [2.75, 3.05) is 6.54 Å². The number of amides is 1. The van der Waals surface area contributed by atoms with E-state index in [-0.39, 0.29) is 11.9 Å². The van der Waals surface area contributed by atoms with Gasteiger partial charge in [0, 0.05) is 17.7 Å². The Morgan fingerprint density at radius 3 is 2.63 bits per heavy atom. The highest BCUT2D eigenvalue weighted by Crippen LogP contribution is 2.32. The number of nitrogens with zero attached hydrogens (tertiary/aromatic N) is 3. The van der Waals surface area contributed by atoms with E-state index in [9.17, 15) is 4.79 Å².